The van der Waals surface area contributed by atoms with Gasteiger partial charge in [-0.2, -0.15) is 0 Å². The van der Waals surface area contributed by atoms with Crippen molar-refractivity contribution in [1.82, 2.24) is 0 Å². The van der Waals surface area contributed by atoms with Gasteiger partial charge in [0, 0.05) is 5.56 Å². The zero-order valence-electron chi connectivity index (χ0n) is 8.86. The van der Waals surface area contributed by atoms with Gasteiger partial charge in [-0.25, -0.2) is 0 Å². The van der Waals surface area contributed by atoms with E-state index in [9.17, 15) is 4.79 Å². The van der Waals surface area contributed by atoms with Crippen LogP contribution in [0.15, 0.2) is 42.5 Å². The molecule has 0 fully saturated rings. The number of carbonyl (C=O) groups excluding carboxylic acids is 1. The number of benzene rings is 2. The molecule has 0 unspecified atom stereocenters. The van der Waals surface area contributed by atoms with Crippen LogP contribution in [0.25, 0.3) is 11.1 Å². The molecule has 3 rings (SSSR count). The molecule has 0 heterocycles. The Bertz CT molecular complexity index is 585. The van der Waals surface area contributed by atoms with Crippen LogP contribution in [-0.2, 0) is 0 Å². The van der Waals surface area contributed by atoms with E-state index >= 15 is 0 Å². The Morgan fingerprint density at radius 1 is 0.875 bits per heavy atom. The van der Waals surface area contributed by atoms with Crippen molar-refractivity contribution in [2.24, 2.45) is 0 Å². The van der Waals surface area contributed by atoms with Gasteiger partial charge in [-0.05, 0) is 17.2 Å². The number of methoxy groups -OCH3 is 1. The molecule has 2 nitrogen and oxygen atoms in total. The van der Waals surface area contributed by atoms with E-state index in [0.29, 0.717) is 11.3 Å². The van der Waals surface area contributed by atoms with Gasteiger partial charge >= 0.3 is 0 Å². The maximum Gasteiger partial charge on any atom is 0.198 e. The van der Waals surface area contributed by atoms with Crippen molar-refractivity contribution in [3.05, 3.63) is 53.6 Å². The molecule has 78 valence electrons. The minimum Gasteiger partial charge on any atom is -0.496 e. The van der Waals surface area contributed by atoms with Gasteiger partial charge in [-0.3, -0.25) is 4.79 Å². The second kappa shape index (κ2) is 3.20. The number of hydrogen-bond acceptors (Lipinski definition) is 2. The molecule has 0 saturated heterocycles. The van der Waals surface area contributed by atoms with Crippen molar-refractivity contribution in [2.45, 2.75) is 0 Å². The van der Waals surface area contributed by atoms with E-state index in [1.54, 1.807) is 7.11 Å². The summed E-state index contributed by atoms with van der Waals surface area (Å²) in [5.74, 6) is 0.710. The number of carbonyl (C=O) groups is 1. The van der Waals surface area contributed by atoms with Gasteiger partial charge in [0.25, 0.3) is 0 Å². The van der Waals surface area contributed by atoms with Crippen LogP contribution < -0.4 is 4.74 Å². The van der Waals surface area contributed by atoms with Crippen molar-refractivity contribution < 1.29 is 9.53 Å². The molecule has 2 aromatic rings. The summed E-state index contributed by atoms with van der Waals surface area (Å²) in [6.07, 6.45) is 0. The SMILES string of the molecule is COc1cccc2c1C(=O)c1ccccc1-2. The molecule has 0 atom stereocenters. The van der Waals surface area contributed by atoms with Crippen LogP contribution in [0.5, 0.6) is 5.75 Å². The van der Waals surface area contributed by atoms with Gasteiger partial charge < -0.3 is 4.74 Å². The van der Waals surface area contributed by atoms with E-state index in [0.717, 1.165) is 16.7 Å². The van der Waals surface area contributed by atoms with E-state index in [1.165, 1.54) is 0 Å². The molecule has 0 aliphatic heterocycles. The van der Waals surface area contributed by atoms with E-state index in [-0.39, 0.29) is 5.78 Å². The smallest absolute Gasteiger partial charge is 0.198 e. The molecule has 0 spiro atoms. The Labute approximate surface area is 93.5 Å². The summed E-state index contributed by atoms with van der Waals surface area (Å²) in [6, 6.07) is 13.3. The van der Waals surface area contributed by atoms with E-state index in [1.807, 2.05) is 42.5 Å². The molecule has 16 heavy (non-hydrogen) atoms. The number of ketones is 1. The molecular weight excluding hydrogens is 200 g/mol. The van der Waals surface area contributed by atoms with Crippen LogP contribution in [0.3, 0.4) is 0 Å². The van der Waals surface area contributed by atoms with Crippen molar-refractivity contribution in [3.63, 3.8) is 0 Å². The Balaban J connectivity index is 2.37. The maximum absolute atomic E-state index is 12.2. The molecule has 2 heteroatoms. The molecule has 0 N–H and O–H groups in total. The predicted octanol–water partition coefficient (Wildman–Crippen LogP) is 2.91. The lowest BCUT2D eigenvalue weighted by Crippen LogP contribution is -1.98. The lowest BCUT2D eigenvalue weighted by molar-refractivity contribution is 0.104. The summed E-state index contributed by atoms with van der Waals surface area (Å²) in [7, 11) is 1.59. The second-order valence-corrected chi connectivity index (χ2v) is 3.76. The monoisotopic (exact) mass is 210 g/mol. The summed E-state index contributed by atoms with van der Waals surface area (Å²) in [5, 5.41) is 0. The van der Waals surface area contributed by atoms with Crippen LogP contribution in [0.2, 0.25) is 0 Å². The Hall–Kier alpha value is -2.09. The molecule has 1 aliphatic rings. The van der Waals surface area contributed by atoms with Gasteiger partial charge in [0.1, 0.15) is 5.75 Å². The van der Waals surface area contributed by atoms with Gasteiger partial charge in [0.05, 0.1) is 12.7 Å². The van der Waals surface area contributed by atoms with E-state index < -0.39 is 0 Å². The lowest BCUT2D eigenvalue weighted by atomic mass is 10.1. The van der Waals surface area contributed by atoms with Gasteiger partial charge in [-0.15, -0.1) is 0 Å². The highest BCUT2D eigenvalue weighted by Crippen LogP contribution is 2.40. The minimum atomic E-state index is 0.0584. The Kier molecular flexibility index (Phi) is 1.83. The third kappa shape index (κ3) is 1.04. The van der Waals surface area contributed by atoms with Gasteiger partial charge in [-0.1, -0.05) is 36.4 Å². The van der Waals surface area contributed by atoms with Crippen molar-refractivity contribution >= 4 is 5.78 Å². The van der Waals surface area contributed by atoms with Crippen LogP contribution in [0.4, 0.5) is 0 Å². The first kappa shape index (κ1) is 9.16. The van der Waals surface area contributed by atoms with E-state index in [2.05, 4.69) is 0 Å². The predicted molar refractivity (Wildman–Crippen MR) is 61.9 cm³/mol. The third-order valence-corrected chi connectivity index (χ3v) is 2.94. The average Bonchev–Trinajstić information content (AvgIpc) is 2.64. The fourth-order valence-electron chi connectivity index (χ4n) is 2.21. The maximum atomic E-state index is 12.2. The van der Waals surface area contributed by atoms with Crippen molar-refractivity contribution in [3.8, 4) is 16.9 Å². The normalized spacial score (nSPS) is 12.2. The van der Waals surface area contributed by atoms with Crippen molar-refractivity contribution in [2.75, 3.05) is 7.11 Å². The molecular formula is C14H10O2. The highest BCUT2D eigenvalue weighted by atomic mass is 16.5. The fraction of sp³-hybridized carbons (Fsp3) is 0.0714. The molecule has 0 bridgehead atoms. The standard InChI is InChI=1S/C14H10O2/c1-16-12-8-4-7-10-9-5-2-3-6-11(9)14(15)13(10)12/h2-8H,1H3. The summed E-state index contributed by atoms with van der Waals surface area (Å²) in [5.41, 5.74) is 3.43. The largest absolute Gasteiger partial charge is 0.496 e. The summed E-state index contributed by atoms with van der Waals surface area (Å²) in [6.45, 7) is 0. The van der Waals surface area contributed by atoms with Crippen LogP contribution in [0, 0.1) is 0 Å². The second-order valence-electron chi connectivity index (χ2n) is 3.76. The lowest BCUT2D eigenvalue weighted by Gasteiger charge is -2.04. The highest BCUT2D eigenvalue weighted by Gasteiger charge is 2.28. The zero-order chi connectivity index (χ0) is 11.1. The first-order chi connectivity index (χ1) is 7.83. The molecule has 0 amide bonds. The minimum absolute atomic E-state index is 0.0584. The topological polar surface area (TPSA) is 26.3 Å². The number of ether oxygens (including phenoxy) is 1. The number of rotatable bonds is 1. The average molecular weight is 210 g/mol. The molecule has 0 aromatic heterocycles. The zero-order valence-corrected chi connectivity index (χ0v) is 8.86. The van der Waals surface area contributed by atoms with Crippen LogP contribution in [-0.4, -0.2) is 12.9 Å². The number of hydrogen-bond donors (Lipinski definition) is 0. The van der Waals surface area contributed by atoms with Gasteiger partial charge in [0.2, 0.25) is 0 Å². The van der Waals surface area contributed by atoms with Gasteiger partial charge in [0.15, 0.2) is 5.78 Å². The molecule has 1 aliphatic carbocycles. The Morgan fingerprint density at radius 3 is 2.31 bits per heavy atom. The molecule has 0 saturated carbocycles. The molecule has 2 aromatic carbocycles. The fourth-order valence-corrected chi connectivity index (χ4v) is 2.21. The first-order valence-electron chi connectivity index (χ1n) is 5.14. The quantitative estimate of drug-likeness (QED) is 0.617. The summed E-state index contributed by atoms with van der Waals surface area (Å²) in [4.78, 5) is 12.2. The Morgan fingerprint density at radius 2 is 1.56 bits per heavy atom. The van der Waals surface area contributed by atoms with Crippen molar-refractivity contribution in [1.29, 1.82) is 0 Å². The third-order valence-electron chi connectivity index (χ3n) is 2.94. The van der Waals surface area contributed by atoms with Crippen LogP contribution >= 0.6 is 0 Å². The number of fused-ring (bicyclic) bond motifs is 3. The summed E-state index contributed by atoms with van der Waals surface area (Å²) >= 11 is 0. The molecule has 0 radical (unpaired) electrons. The van der Waals surface area contributed by atoms with E-state index in [4.69, 9.17) is 4.74 Å². The first-order valence-corrected chi connectivity index (χ1v) is 5.14. The summed E-state index contributed by atoms with van der Waals surface area (Å²) < 4.78 is 5.24. The van der Waals surface area contributed by atoms with Crippen LogP contribution in [0.1, 0.15) is 15.9 Å². The highest BCUT2D eigenvalue weighted by molar-refractivity contribution is 6.23.